The van der Waals surface area contributed by atoms with Crippen LogP contribution in [0, 0.1) is 18.6 Å². The first-order valence-electron chi connectivity index (χ1n) is 10.8. The minimum Gasteiger partial charge on any atom is -0.312 e. The summed E-state index contributed by atoms with van der Waals surface area (Å²) in [5, 5.41) is 11.0. The maximum absolute atomic E-state index is 13.5. The summed E-state index contributed by atoms with van der Waals surface area (Å²) in [4.78, 5) is 17.8. The summed E-state index contributed by atoms with van der Waals surface area (Å²) in [5.41, 5.74) is 3.36. The SMILES string of the molecule is Cc1c(C(=O)Nc2c(-c3ccc(F)cc3)ncn2Cc2ccccc2)nnn1-c1ccc(F)cc1. The quantitative estimate of drug-likeness (QED) is 0.378. The largest absolute Gasteiger partial charge is 0.312 e. The molecule has 0 fully saturated rings. The number of carbonyl (C=O) groups excluding carboxylic acids is 1. The molecular weight excluding hydrogens is 450 g/mol. The van der Waals surface area contributed by atoms with Gasteiger partial charge < -0.3 is 9.88 Å². The Morgan fingerprint density at radius 3 is 2.26 bits per heavy atom. The van der Waals surface area contributed by atoms with Crippen LogP contribution in [0.15, 0.2) is 85.2 Å². The third kappa shape index (κ3) is 4.56. The highest BCUT2D eigenvalue weighted by Crippen LogP contribution is 2.28. The number of hydrogen-bond acceptors (Lipinski definition) is 4. The van der Waals surface area contributed by atoms with Gasteiger partial charge in [0.1, 0.15) is 23.1 Å². The van der Waals surface area contributed by atoms with Crippen LogP contribution < -0.4 is 5.32 Å². The van der Waals surface area contributed by atoms with Crippen LogP contribution in [0.25, 0.3) is 16.9 Å². The Morgan fingerprint density at radius 2 is 1.57 bits per heavy atom. The van der Waals surface area contributed by atoms with Gasteiger partial charge in [0.2, 0.25) is 0 Å². The number of amides is 1. The van der Waals surface area contributed by atoms with Gasteiger partial charge in [-0.1, -0.05) is 35.5 Å². The minimum absolute atomic E-state index is 0.117. The van der Waals surface area contributed by atoms with Crippen LogP contribution in [-0.4, -0.2) is 30.5 Å². The lowest BCUT2D eigenvalue weighted by Gasteiger charge is -2.12. The molecule has 0 saturated heterocycles. The van der Waals surface area contributed by atoms with Gasteiger partial charge in [0, 0.05) is 5.56 Å². The van der Waals surface area contributed by atoms with Gasteiger partial charge in [0.05, 0.1) is 24.3 Å². The second-order valence-electron chi connectivity index (χ2n) is 7.93. The van der Waals surface area contributed by atoms with Crippen molar-refractivity contribution in [3.8, 4) is 16.9 Å². The fourth-order valence-corrected chi connectivity index (χ4v) is 3.77. The van der Waals surface area contributed by atoms with Crippen molar-refractivity contribution in [2.45, 2.75) is 13.5 Å². The lowest BCUT2D eigenvalue weighted by Crippen LogP contribution is -2.18. The van der Waals surface area contributed by atoms with Crippen LogP contribution in [0.3, 0.4) is 0 Å². The number of nitrogens with one attached hydrogen (secondary N) is 1. The van der Waals surface area contributed by atoms with Gasteiger partial charge in [0.25, 0.3) is 5.91 Å². The van der Waals surface area contributed by atoms with Gasteiger partial charge in [-0.2, -0.15) is 0 Å². The van der Waals surface area contributed by atoms with E-state index < -0.39 is 5.91 Å². The van der Waals surface area contributed by atoms with Crippen molar-refractivity contribution in [1.82, 2.24) is 24.5 Å². The smallest absolute Gasteiger partial charge is 0.279 e. The Bertz CT molecular complexity index is 1480. The number of benzene rings is 3. The first-order valence-corrected chi connectivity index (χ1v) is 10.8. The van der Waals surface area contributed by atoms with Crippen LogP contribution in [0.4, 0.5) is 14.6 Å². The van der Waals surface area contributed by atoms with E-state index in [1.807, 2.05) is 34.9 Å². The Morgan fingerprint density at radius 1 is 0.914 bits per heavy atom. The third-order valence-electron chi connectivity index (χ3n) is 5.56. The zero-order valence-electron chi connectivity index (χ0n) is 18.7. The van der Waals surface area contributed by atoms with Crippen LogP contribution in [0.2, 0.25) is 0 Å². The van der Waals surface area contributed by atoms with Gasteiger partial charge in [-0.05, 0) is 61.0 Å². The van der Waals surface area contributed by atoms with Gasteiger partial charge in [-0.25, -0.2) is 18.4 Å². The summed E-state index contributed by atoms with van der Waals surface area (Å²) in [6.07, 6.45) is 1.63. The molecule has 3 aromatic carbocycles. The zero-order chi connectivity index (χ0) is 24.4. The molecule has 174 valence electrons. The molecule has 35 heavy (non-hydrogen) atoms. The molecule has 0 saturated carbocycles. The summed E-state index contributed by atoms with van der Waals surface area (Å²) in [6.45, 7) is 2.17. The van der Waals surface area contributed by atoms with E-state index in [4.69, 9.17) is 0 Å². The minimum atomic E-state index is -0.478. The Balaban J connectivity index is 1.50. The number of aromatic nitrogens is 5. The van der Waals surface area contributed by atoms with Crippen molar-refractivity contribution in [2.75, 3.05) is 5.32 Å². The maximum atomic E-state index is 13.5. The van der Waals surface area contributed by atoms with E-state index in [0.29, 0.717) is 35.0 Å². The average molecular weight is 470 g/mol. The molecule has 9 heteroatoms. The Labute approximate surface area is 199 Å². The fraction of sp³-hybridized carbons (Fsp3) is 0.0769. The first-order chi connectivity index (χ1) is 17.0. The number of anilines is 1. The van der Waals surface area contributed by atoms with E-state index in [-0.39, 0.29) is 17.3 Å². The molecule has 0 aliphatic rings. The average Bonchev–Trinajstić information content (AvgIpc) is 3.44. The van der Waals surface area contributed by atoms with Crippen molar-refractivity contribution in [1.29, 1.82) is 0 Å². The summed E-state index contributed by atoms with van der Waals surface area (Å²) < 4.78 is 30.1. The number of halogens is 2. The molecule has 0 aliphatic heterocycles. The molecule has 2 aromatic heterocycles. The summed E-state index contributed by atoms with van der Waals surface area (Å²) >= 11 is 0. The number of imidazole rings is 1. The van der Waals surface area contributed by atoms with Crippen LogP contribution in [-0.2, 0) is 6.54 Å². The zero-order valence-corrected chi connectivity index (χ0v) is 18.7. The number of nitrogens with zero attached hydrogens (tertiary/aromatic N) is 5. The van der Waals surface area contributed by atoms with E-state index in [1.165, 1.54) is 28.9 Å². The second-order valence-corrected chi connectivity index (χ2v) is 7.93. The van der Waals surface area contributed by atoms with Crippen molar-refractivity contribution < 1.29 is 13.6 Å². The molecule has 0 atom stereocenters. The fourth-order valence-electron chi connectivity index (χ4n) is 3.77. The van der Waals surface area contributed by atoms with E-state index >= 15 is 0 Å². The van der Waals surface area contributed by atoms with Crippen LogP contribution in [0.5, 0.6) is 0 Å². The highest BCUT2D eigenvalue weighted by Gasteiger charge is 2.22. The number of carbonyl (C=O) groups is 1. The lowest BCUT2D eigenvalue weighted by atomic mass is 10.1. The standard InChI is InChI=1S/C26H20F2N6O/c1-17-23(31-32-34(17)22-13-11-21(28)12-14-22)26(35)30-25-24(19-7-9-20(27)10-8-19)29-16-33(25)15-18-5-3-2-4-6-18/h2-14,16H,15H2,1H3,(H,30,35). The van der Waals surface area contributed by atoms with Gasteiger partial charge in [0.15, 0.2) is 5.69 Å². The van der Waals surface area contributed by atoms with Gasteiger partial charge in [-0.15, -0.1) is 5.10 Å². The Hall–Kier alpha value is -4.66. The summed E-state index contributed by atoms with van der Waals surface area (Å²) in [7, 11) is 0. The normalized spacial score (nSPS) is 10.9. The molecule has 2 heterocycles. The van der Waals surface area contributed by atoms with Gasteiger partial charge in [-0.3, -0.25) is 4.79 Å². The topological polar surface area (TPSA) is 77.6 Å². The Kier molecular flexibility index (Phi) is 5.88. The first kappa shape index (κ1) is 22.1. The molecule has 0 bridgehead atoms. The maximum Gasteiger partial charge on any atom is 0.279 e. The lowest BCUT2D eigenvalue weighted by molar-refractivity contribution is 0.102. The predicted molar refractivity (Wildman–Crippen MR) is 127 cm³/mol. The monoisotopic (exact) mass is 470 g/mol. The molecule has 0 unspecified atom stereocenters. The number of hydrogen-bond donors (Lipinski definition) is 1. The number of rotatable bonds is 6. The molecule has 1 amide bonds. The molecule has 5 rings (SSSR count). The molecule has 0 aliphatic carbocycles. The molecule has 5 aromatic rings. The van der Waals surface area contributed by atoms with Crippen molar-refractivity contribution in [3.63, 3.8) is 0 Å². The van der Waals surface area contributed by atoms with Crippen molar-refractivity contribution in [2.24, 2.45) is 0 Å². The van der Waals surface area contributed by atoms with Gasteiger partial charge >= 0.3 is 0 Å². The molecule has 0 radical (unpaired) electrons. The molecule has 1 N–H and O–H groups in total. The van der Waals surface area contributed by atoms with Crippen molar-refractivity contribution in [3.05, 3.63) is 114 Å². The molecule has 0 spiro atoms. The summed E-state index contributed by atoms with van der Waals surface area (Å²) in [5.74, 6) is -0.768. The van der Waals surface area contributed by atoms with E-state index in [1.54, 1.807) is 37.5 Å². The molecule has 7 nitrogen and oxygen atoms in total. The highest BCUT2D eigenvalue weighted by atomic mass is 19.1. The summed E-state index contributed by atoms with van der Waals surface area (Å²) in [6, 6.07) is 21.4. The van der Waals surface area contributed by atoms with E-state index in [0.717, 1.165) is 5.56 Å². The molecular formula is C26H20F2N6O. The van der Waals surface area contributed by atoms with Crippen LogP contribution >= 0.6 is 0 Å². The second kappa shape index (κ2) is 9.30. The predicted octanol–water partition coefficient (Wildman–Crippen LogP) is 5.02. The van der Waals surface area contributed by atoms with Crippen LogP contribution in [0.1, 0.15) is 21.7 Å². The third-order valence-corrected chi connectivity index (χ3v) is 5.56. The van der Waals surface area contributed by atoms with Crippen molar-refractivity contribution >= 4 is 11.7 Å². The van der Waals surface area contributed by atoms with E-state index in [2.05, 4.69) is 20.6 Å². The highest BCUT2D eigenvalue weighted by molar-refractivity contribution is 6.04. The van der Waals surface area contributed by atoms with E-state index in [9.17, 15) is 13.6 Å².